The van der Waals surface area contributed by atoms with Crippen LogP contribution in [0.4, 0.5) is 29.3 Å². The second kappa shape index (κ2) is 10.0. The molecule has 4 aromatic rings. The lowest BCUT2D eigenvalue weighted by Gasteiger charge is -2.14. The number of amides is 2. The SMILES string of the molecule is Cc1cc(Oc2ccccc2NC(=O)Nc2ccc(OC(F)(F)F)cc2)n(-c2ccccc2S)n1. The van der Waals surface area contributed by atoms with Gasteiger partial charge < -0.3 is 20.1 Å². The minimum absolute atomic E-state index is 0.273. The number of alkyl halides is 3. The molecule has 0 aliphatic carbocycles. The van der Waals surface area contributed by atoms with Gasteiger partial charge in [0.25, 0.3) is 0 Å². The van der Waals surface area contributed by atoms with Crippen molar-refractivity contribution >= 4 is 30.0 Å². The van der Waals surface area contributed by atoms with Crippen LogP contribution in [-0.2, 0) is 0 Å². The summed E-state index contributed by atoms with van der Waals surface area (Å²) in [5, 5.41) is 9.70. The number of hydrogen-bond donors (Lipinski definition) is 3. The zero-order chi connectivity index (χ0) is 25.0. The van der Waals surface area contributed by atoms with Crippen molar-refractivity contribution < 1.29 is 27.4 Å². The fraction of sp³-hybridized carbons (Fsp3) is 0.0833. The molecule has 0 spiro atoms. The quantitative estimate of drug-likeness (QED) is 0.254. The van der Waals surface area contributed by atoms with Crippen molar-refractivity contribution in [1.29, 1.82) is 0 Å². The summed E-state index contributed by atoms with van der Waals surface area (Å²) >= 11 is 4.49. The van der Waals surface area contributed by atoms with Crippen LogP contribution in [-0.4, -0.2) is 22.2 Å². The van der Waals surface area contributed by atoms with E-state index in [4.69, 9.17) is 4.74 Å². The van der Waals surface area contributed by atoms with Gasteiger partial charge in [-0.25, -0.2) is 4.79 Å². The van der Waals surface area contributed by atoms with Crippen LogP contribution in [0.15, 0.2) is 83.8 Å². The Kier molecular flexibility index (Phi) is 6.87. The number of para-hydroxylation sites is 3. The lowest BCUT2D eigenvalue weighted by molar-refractivity contribution is -0.274. The van der Waals surface area contributed by atoms with E-state index in [9.17, 15) is 18.0 Å². The standard InChI is InChI=1S/C24H19F3N4O3S/c1-15-14-22(31(30-15)19-7-3-5-9-21(19)35)33-20-8-4-2-6-18(20)29-23(32)28-16-10-12-17(13-11-16)34-24(25,26)27/h2-14,35H,1H3,(H2,28,29,32). The van der Waals surface area contributed by atoms with Gasteiger partial charge in [0.15, 0.2) is 5.75 Å². The lowest BCUT2D eigenvalue weighted by atomic mass is 10.3. The van der Waals surface area contributed by atoms with E-state index < -0.39 is 18.1 Å². The number of halogens is 3. The molecule has 4 rings (SSSR count). The fourth-order valence-electron chi connectivity index (χ4n) is 3.16. The predicted molar refractivity (Wildman–Crippen MR) is 128 cm³/mol. The fourth-order valence-corrected chi connectivity index (χ4v) is 3.42. The number of benzene rings is 3. The van der Waals surface area contributed by atoms with E-state index in [1.54, 1.807) is 35.0 Å². The molecule has 0 unspecified atom stereocenters. The van der Waals surface area contributed by atoms with Gasteiger partial charge in [0.1, 0.15) is 5.75 Å². The highest BCUT2D eigenvalue weighted by Gasteiger charge is 2.31. The largest absolute Gasteiger partial charge is 0.573 e. The summed E-state index contributed by atoms with van der Waals surface area (Å²) in [5.41, 5.74) is 2.08. The number of carbonyl (C=O) groups excluding carboxylic acids is 1. The van der Waals surface area contributed by atoms with Crippen molar-refractivity contribution in [3.8, 4) is 23.1 Å². The summed E-state index contributed by atoms with van der Waals surface area (Å²) in [6.45, 7) is 1.83. The molecule has 0 atom stereocenters. The Morgan fingerprint density at radius 3 is 2.37 bits per heavy atom. The van der Waals surface area contributed by atoms with Crippen molar-refractivity contribution in [3.05, 3.63) is 84.6 Å². The van der Waals surface area contributed by atoms with E-state index in [1.807, 2.05) is 31.2 Å². The molecule has 0 radical (unpaired) electrons. The van der Waals surface area contributed by atoms with Gasteiger partial charge >= 0.3 is 12.4 Å². The average Bonchev–Trinajstić information content (AvgIpc) is 3.15. The first-order valence-electron chi connectivity index (χ1n) is 10.2. The van der Waals surface area contributed by atoms with E-state index in [1.165, 1.54) is 12.1 Å². The van der Waals surface area contributed by atoms with Crippen LogP contribution in [0.1, 0.15) is 5.69 Å². The number of anilines is 2. The number of thiol groups is 1. The van der Waals surface area contributed by atoms with Gasteiger partial charge in [-0.05, 0) is 55.5 Å². The third-order valence-electron chi connectivity index (χ3n) is 4.60. The average molecular weight is 501 g/mol. The third-order valence-corrected chi connectivity index (χ3v) is 4.98. The van der Waals surface area contributed by atoms with E-state index in [2.05, 4.69) is 33.1 Å². The Labute approximate surface area is 203 Å². The number of carbonyl (C=O) groups is 1. The number of ether oxygens (including phenoxy) is 2. The van der Waals surface area contributed by atoms with Crippen LogP contribution in [0.3, 0.4) is 0 Å². The van der Waals surface area contributed by atoms with Crippen LogP contribution in [0.5, 0.6) is 17.4 Å². The van der Waals surface area contributed by atoms with Crippen molar-refractivity contribution in [2.45, 2.75) is 18.2 Å². The molecule has 0 aliphatic rings. The van der Waals surface area contributed by atoms with Gasteiger partial charge in [-0.1, -0.05) is 24.3 Å². The minimum atomic E-state index is -4.79. The van der Waals surface area contributed by atoms with Gasteiger partial charge in [0, 0.05) is 16.6 Å². The summed E-state index contributed by atoms with van der Waals surface area (Å²) in [5.74, 6) is 0.380. The summed E-state index contributed by atoms with van der Waals surface area (Å²) in [4.78, 5) is 13.2. The second-order valence-electron chi connectivity index (χ2n) is 7.27. The number of nitrogens with zero attached hydrogens (tertiary/aromatic N) is 2. The number of aryl methyl sites for hydroxylation is 1. The van der Waals surface area contributed by atoms with Crippen LogP contribution in [0, 0.1) is 6.92 Å². The summed E-state index contributed by atoms with van der Waals surface area (Å²) < 4.78 is 48.4. The maximum atomic E-state index is 12.5. The lowest BCUT2D eigenvalue weighted by Crippen LogP contribution is -2.20. The van der Waals surface area contributed by atoms with Gasteiger partial charge in [-0.15, -0.1) is 25.8 Å². The Morgan fingerprint density at radius 2 is 1.66 bits per heavy atom. The van der Waals surface area contributed by atoms with Crippen molar-refractivity contribution in [2.24, 2.45) is 0 Å². The zero-order valence-electron chi connectivity index (χ0n) is 18.2. The number of hydrogen-bond acceptors (Lipinski definition) is 5. The highest BCUT2D eigenvalue weighted by atomic mass is 32.1. The van der Waals surface area contributed by atoms with Crippen molar-refractivity contribution in [2.75, 3.05) is 10.6 Å². The maximum Gasteiger partial charge on any atom is 0.573 e. The molecule has 3 aromatic carbocycles. The van der Waals surface area contributed by atoms with Crippen LogP contribution in [0.2, 0.25) is 0 Å². The molecule has 1 aromatic heterocycles. The van der Waals surface area contributed by atoms with Gasteiger partial charge in [0.2, 0.25) is 5.88 Å². The van der Waals surface area contributed by atoms with Crippen LogP contribution in [0.25, 0.3) is 5.69 Å². The van der Waals surface area contributed by atoms with Gasteiger partial charge in [-0.2, -0.15) is 9.78 Å². The summed E-state index contributed by atoms with van der Waals surface area (Å²) in [6.07, 6.45) is -4.79. The predicted octanol–water partition coefficient (Wildman–Crippen LogP) is 6.80. The summed E-state index contributed by atoms with van der Waals surface area (Å²) in [7, 11) is 0. The number of aromatic nitrogens is 2. The highest BCUT2D eigenvalue weighted by Crippen LogP contribution is 2.32. The molecule has 2 amide bonds. The van der Waals surface area contributed by atoms with Gasteiger partial charge in [-0.3, -0.25) is 0 Å². The van der Waals surface area contributed by atoms with Crippen LogP contribution >= 0.6 is 12.6 Å². The van der Waals surface area contributed by atoms with E-state index in [0.717, 1.165) is 23.5 Å². The number of urea groups is 1. The first kappa shape index (κ1) is 24.0. The Hall–Kier alpha value is -4.12. The van der Waals surface area contributed by atoms with Gasteiger partial charge in [0.05, 0.1) is 17.1 Å². The summed E-state index contributed by atoms with van der Waals surface area (Å²) in [6, 6.07) is 20.1. The first-order valence-corrected chi connectivity index (χ1v) is 10.7. The Morgan fingerprint density at radius 1 is 0.971 bits per heavy atom. The highest BCUT2D eigenvalue weighted by molar-refractivity contribution is 7.80. The molecule has 11 heteroatoms. The molecule has 0 bridgehead atoms. The first-order chi connectivity index (χ1) is 16.7. The molecule has 1 heterocycles. The molecule has 0 saturated heterocycles. The van der Waals surface area contributed by atoms with E-state index in [-0.39, 0.29) is 5.69 Å². The number of rotatable bonds is 6. The Bertz CT molecular complexity index is 1340. The molecule has 7 nitrogen and oxygen atoms in total. The molecule has 0 saturated carbocycles. The molecule has 180 valence electrons. The maximum absolute atomic E-state index is 12.5. The van der Waals surface area contributed by atoms with E-state index in [0.29, 0.717) is 22.2 Å². The Balaban J connectivity index is 1.49. The molecule has 0 fully saturated rings. The van der Waals surface area contributed by atoms with Crippen molar-refractivity contribution in [3.63, 3.8) is 0 Å². The molecular formula is C24H19F3N4O3S. The number of nitrogens with one attached hydrogen (secondary N) is 2. The second-order valence-corrected chi connectivity index (χ2v) is 7.76. The molecule has 0 aliphatic heterocycles. The zero-order valence-corrected chi connectivity index (χ0v) is 19.1. The molecular weight excluding hydrogens is 481 g/mol. The smallest absolute Gasteiger partial charge is 0.437 e. The van der Waals surface area contributed by atoms with E-state index >= 15 is 0 Å². The third kappa shape index (κ3) is 6.27. The topological polar surface area (TPSA) is 77.4 Å². The monoisotopic (exact) mass is 500 g/mol. The molecule has 35 heavy (non-hydrogen) atoms. The van der Waals surface area contributed by atoms with Crippen LogP contribution < -0.4 is 20.1 Å². The normalized spacial score (nSPS) is 11.1. The van der Waals surface area contributed by atoms with Crippen molar-refractivity contribution in [1.82, 2.24) is 9.78 Å². The minimum Gasteiger partial charge on any atom is -0.437 e. The molecule has 2 N–H and O–H groups in total.